The van der Waals surface area contributed by atoms with Crippen LogP contribution in [0.3, 0.4) is 0 Å². The first kappa shape index (κ1) is 23.2. The first-order valence-electron chi connectivity index (χ1n) is 12.8. The topological polar surface area (TPSA) is 88.9 Å². The Kier molecular flexibility index (Phi) is 6.79. The molecule has 182 valence electrons. The van der Waals surface area contributed by atoms with Gasteiger partial charge in [-0.25, -0.2) is 4.68 Å². The number of aryl methyl sites for hydroxylation is 2. The Morgan fingerprint density at radius 1 is 1.15 bits per heavy atom. The summed E-state index contributed by atoms with van der Waals surface area (Å²) in [6.45, 7) is 8.48. The predicted octanol–water partition coefficient (Wildman–Crippen LogP) is 4.21. The van der Waals surface area contributed by atoms with Crippen molar-refractivity contribution in [2.75, 3.05) is 6.61 Å². The van der Waals surface area contributed by atoms with Crippen LogP contribution >= 0.6 is 0 Å². The van der Waals surface area contributed by atoms with Crippen molar-refractivity contribution in [1.29, 1.82) is 0 Å². The summed E-state index contributed by atoms with van der Waals surface area (Å²) in [4.78, 5) is 18.7. The Labute approximate surface area is 200 Å². The van der Waals surface area contributed by atoms with Gasteiger partial charge >= 0.3 is 0 Å². The third kappa shape index (κ3) is 4.66. The number of nitrogens with one attached hydrogen (secondary N) is 1. The van der Waals surface area contributed by atoms with Crippen LogP contribution in [-0.4, -0.2) is 48.8 Å². The second-order valence-electron chi connectivity index (χ2n) is 10.0. The highest BCUT2D eigenvalue weighted by molar-refractivity contribution is 5.80. The number of pyridine rings is 1. The third-order valence-corrected chi connectivity index (χ3v) is 7.73. The fraction of sp³-hybridized carbons (Fsp3) is 0.615. The highest BCUT2D eigenvalue weighted by Gasteiger charge is 2.33. The van der Waals surface area contributed by atoms with Gasteiger partial charge in [-0.2, -0.15) is 0 Å². The van der Waals surface area contributed by atoms with Gasteiger partial charge in [0.05, 0.1) is 18.7 Å². The molecule has 0 radical (unpaired) electrons. The van der Waals surface area contributed by atoms with E-state index in [-0.39, 0.29) is 17.7 Å². The lowest BCUT2D eigenvalue weighted by molar-refractivity contribution is 0.0839. The van der Waals surface area contributed by atoms with Gasteiger partial charge in [-0.05, 0) is 91.1 Å². The summed E-state index contributed by atoms with van der Waals surface area (Å²) < 4.78 is 7.78. The predicted molar refractivity (Wildman–Crippen MR) is 132 cm³/mol. The normalized spacial score (nSPS) is 20.1. The van der Waals surface area contributed by atoms with Crippen molar-refractivity contribution >= 4 is 10.9 Å². The van der Waals surface area contributed by atoms with Crippen molar-refractivity contribution in [3.8, 4) is 0 Å². The highest BCUT2D eigenvalue weighted by atomic mass is 16.5. The minimum Gasteiger partial charge on any atom is -0.376 e. The van der Waals surface area contributed by atoms with Gasteiger partial charge in [0.25, 0.3) is 5.56 Å². The number of hydrogen-bond donors (Lipinski definition) is 1. The van der Waals surface area contributed by atoms with Crippen molar-refractivity contribution in [2.45, 2.75) is 97.0 Å². The van der Waals surface area contributed by atoms with Crippen LogP contribution in [0.15, 0.2) is 23.0 Å². The van der Waals surface area contributed by atoms with Crippen molar-refractivity contribution in [3.63, 3.8) is 0 Å². The van der Waals surface area contributed by atoms with Gasteiger partial charge in [-0.1, -0.05) is 19.8 Å². The van der Waals surface area contributed by atoms with Crippen LogP contribution in [0.4, 0.5) is 0 Å². The van der Waals surface area contributed by atoms with E-state index in [4.69, 9.17) is 4.74 Å². The molecule has 2 aliphatic rings. The standard InChI is InChI=1S/C26H36N6O2/c1-4-24(25-28-29-30-32(25)16-22-10-7-11-34-22)31(21-8-5-6-9-21)15-20-14-19-12-17(2)18(3)13-23(19)27-26(20)33/h12-14,21-22,24H,4-11,15-16H2,1-3H3,(H,27,33)/t22-,24-/m0/s1. The first-order chi connectivity index (χ1) is 16.5. The number of nitrogens with zero attached hydrogens (tertiary/aromatic N) is 5. The van der Waals surface area contributed by atoms with E-state index in [1.807, 2.05) is 4.68 Å². The lowest BCUT2D eigenvalue weighted by atomic mass is 10.0. The van der Waals surface area contributed by atoms with Gasteiger partial charge in [0.2, 0.25) is 0 Å². The zero-order valence-corrected chi connectivity index (χ0v) is 20.6. The summed E-state index contributed by atoms with van der Waals surface area (Å²) in [6, 6.07) is 6.79. The third-order valence-electron chi connectivity index (χ3n) is 7.73. The maximum atomic E-state index is 13.1. The smallest absolute Gasteiger partial charge is 0.252 e. The Morgan fingerprint density at radius 2 is 1.94 bits per heavy atom. The van der Waals surface area contributed by atoms with E-state index >= 15 is 0 Å². The summed E-state index contributed by atoms with van der Waals surface area (Å²) in [6.07, 6.45) is 7.95. The molecule has 5 rings (SSSR count). The molecule has 3 aromatic rings. The molecule has 8 nitrogen and oxygen atoms in total. The Balaban J connectivity index is 1.48. The van der Waals surface area contributed by atoms with E-state index in [2.05, 4.69) is 64.4 Å². The molecule has 8 heteroatoms. The monoisotopic (exact) mass is 464 g/mol. The summed E-state index contributed by atoms with van der Waals surface area (Å²) >= 11 is 0. The average Bonchev–Trinajstić information content (AvgIpc) is 3.59. The zero-order valence-electron chi connectivity index (χ0n) is 20.6. The van der Waals surface area contributed by atoms with Gasteiger partial charge in [0.15, 0.2) is 5.82 Å². The number of ether oxygens (including phenoxy) is 1. The highest BCUT2D eigenvalue weighted by Crippen LogP contribution is 2.34. The van der Waals surface area contributed by atoms with Gasteiger partial charge in [0.1, 0.15) is 0 Å². The number of rotatable bonds is 8. The molecular weight excluding hydrogens is 428 g/mol. The van der Waals surface area contributed by atoms with Gasteiger partial charge in [-0.15, -0.1) is 5.10 Å². The van der Waals surface area contributed by atoms with Gasteiger partial charge in [0, 0.05) is 30.3 Å². The van der Waals surface area contributed by atoms with Crippen molar-refractivity contribution in [3.05, 3.63) is 51.1 Å². The molecule has 1 aromatic carbocycles. The molecule has 0 bridgehead atoms. The van der Waals surface area contributed by atoms with Crippen LogP contribution in [0.2, 0.25) is 0 Å². The van der Waals surface area contributed by atoms with Gasteiger partial charge < -0.3 is 9.72 Å². The lowest BCUT2D eigenvalue weighted by Gasteiger charge is -2.35. The minimum absolute atomic E-state index is 0.00690. The number of aromatic nitrogens is 5. The van der Waals surface area contributed by atoms with E-state index in [1.54, 1.807) is 0 Å². The maximum absolute atomic E-state index is 13.1. The molecule has 1 saturated carbocycles. The summed E-state index contributed by atoms with van der Waals surface area (Å²) in [5.74, 6) is 0.883. The van der Waals surface area contributed by atoms with Crippen LogP contribution in [0.1, 0.15) is 80.4 Å². The summed E-state index contributed by atoms with van der Waals surface area (Å²) in [5, 5.41) is 13.9. The zero-order chi connectivity index (χ0) is 23.7. The fourth-order valence-electron chi connectivity index (χ4n) is 5.69. The molecule has 2 fully saturated rings. The van der Waals surface area contributed by atoms with E-state index in [9.17, 15) is 4.79 Å². The quantitative estimate of drug-likeness (QED) is 0.537. The van der Waals surface area contributed by atoms with Crippen LogP contribution in [-0.2, 0) is 17.8 Å². The van der Waals surface area contributed by atoms with Crippen LogP contribution in [0, 0.1) is 13.8 Å². The second-order valence-corrected chi connectivity index (χ2v) is 10.0. The summed E-state index contributed by atoms with van der Waals surface area (Å²) in [5.41, 5.74) is 4.12. The average molecular weight is 465 g/mol. The minimum atomic E-state index is -0.00690. The number of H-pyrrole nitrogens is 1. The number of hydrogen-bond acceptors (Lipinski definition) is 6. The second kappa shape index (κ2) is 9.96. The van der Waals surface area contributed by atoms with Crippen molar-refractivity contribution < 1.29 is 4.74 Å². The largest absolute Gasteiger partial charge is 0.376 e. The molecular formula is C26H36N6O2. The van der Waals surface area contributed by atoms with Crippen molar-refractivity contribution in [2.24, 2.45) is 0 Å². The number of fused-ring (bicyclic) bond motifs is 1. The first-order valence-corrected chi connectivity index (χ1v) is 12.8. The number of tetrazole rings is 1. The van der Waals surface area contributed by atoms with Crippen molar-refractivity contribution in [1.82, 2.24) is 30.1 Å². The fourth-order valence-corrected chi connectivity index (χ4v) is 5.69. The van der Waals surface area contributed by atoms with Crippen LogP contribution in [0.5, 0.6) is 0 Å². The molecule has 1 saturated heterocycles. The van der Waals surface area contributed by atoms with E-state index in [0.717, 1.165) is 61.0 Å². The molecule has 1 aliphatic carbocycles. The van der Waals surface area contributed by atoms with E-state index in [1.165, 1.54) is 24.0 Å². The molecule has 1 N–H and O–H groups in total. The Hall–Kier alpha value is -2.58. The molecule has 0 spiro atoms. The molecule has 0 unspecified atom stereocenters. The Bertz CT molecular complexity index is 1190. The molecule has 1 aliphatic heterocycles. The van der Waals surface area contributed by atoms with Crippen LogP contribution in [0.25, 0.3) is 10.9 Å². The maximum Gasteiger partial charge on any atom is 0.252 e. The molecule has 2 aromatic heterocycles. The molecule has 3 heterocycles. The SMILES string of the molecule is CC[C@@H](c1nnnn1C[C@@H]1CCCO1)N(Cc1cc2cc(C)c(C)cc2[nH]c1=O)C1CCCC1. The molecule has 0 amide bonds. The molecule has 2 atom stereocenters. The van der Waals surface area contributed by atoms with E-state index < -0.39 is 0 Å². The number of benzene rings is 1. The Morgan fingerprint density at radius 3 is 2.68 bits per heavy atom. The van der Waals surface area contributed by atoms with Gasteiger partial charge in [-0.3, -0.25) is 9.69 Å². The summed E-state index contributed by atoms with van der Waals surface area (Å²) in [7, 11) is 0. The van der Waals surface area contributed by atoms with E-state index in [0.29, 0.717) is 19.1 Å². The van der Waals surface area contributed by atoms with Crippen LogP contribution < -0.4 is 5.56 Å². The number of aromatic amines is 1. The lowest BCUT2D eigenvalue weighted by Crippen LogP contribution is -2.39. The molecule has 34 heavy (non-hydrogen) atoms.